The first kappa shape index (κ1) is 13.5. The fraction of sp³-hybridized carbons (Fsp3) is 0.400. The van der Waals surface area contributed by atoms with Gasteiger partial charge in [0.1, 0.15) is 0 Å². The summed E-state index contributed by atoms with van der Waals surface area (Å²) in [6.45, 7) is 4.38. The molecular weight excluding hydrogens is 212 g/mol. The van der Waals surface area contributed by atoms with Gasteiger partial charge >= 0.3 is 5.97 Å². The van der Waals surface area contributed by atoms with E-state index in [1.807, 2.05) is 43.3 Å². The van der Waals surface area contributed by atoms with E-state index in [-0.39, 0.29) is 5.97 Å². The van der Waals surface area contributed by atoms with Gasteiger partial charge < -0.3 is 4.74 Å². The Morgan fingerprint density at radius 3 is 2.53 bits per heavy atom. The largest absolute Gasteiger partial charge is 0.462 e. The average molecular weight is 232 g/mol. The predicted molar refractivity (Wildman–Crippen MR) is 70.6 cm³/mol. The first-order valence-corrected chi connectivity index (χ1v) is 6.22. The highest BCUT2D eigenvalue weighted by molar-refractivity contribution is 6.16. The van der Waals surface area contributed by atoms with Crippen LogP contribution in [0.4, 0.5) is 0 Å². The van der Waals surface area contributed by atoms with Gasteiger partial charge in [-0.1, -0.05) is 56.2 Å². The normalized spacial score (nSPS) is 11.3. The molecule has 0 saturated carbocycles. The fourth-order valence-corrected chi connectivity index (χ4v) is 1.60. The molecule has 1 rings (SSSR count). The van der Waals surface area contributed by atoms with Gasteiger partial charge in [0.15, 0.2) is 0 Å². The molecule has 1 aromatic rings. The molecule has 0 bridgehead atoms. The zero-order valence-electron chi connectivity index (χ0n) is 10.6. The molecule has 0 heterocycles. The first-order valence-electron chi connectivity index (χ1n) is 6.22. The average Bonchev–Trinajstić information content (AvgIpc) is 2.36. The minimum Gasteiger partial charge on any atom is -0.462 e. The van der Waals surface area contributed by atoms with E-state index in [1.165, 1.54) is 0 Å². The number of hydrogen-bond acceptors (Lipinski definition) is 2. The lowest BCUT2D eigenvalue weighted by Crippen LogP contribution is -2.06. The zero-order chi connectivity index (χ0) is 12.5. The van der Waals surface area contributed by atoms with Gasteiger partial charge in [-0.2, -0.15) is 0 Å². The van der Waals surface area contributed by atoms with E-state index >= 15 is 0 Å². The summed E-state index contributed by atoms with van der Waals surface area (Å²) in [6, 6.07) is 9.69. The van der Waals surface area contributed by atoms with Crippen LogP contribution in [-0.2, 0) is 9.53 Å². The van der Waals surface area contributed by atoms with Crippen molar-refractivity contribution in [2.24, 2.45) is 0 Å². The van der Waals surface area contributed by atoms with Crippen molar-refractivity contribution < 1.29 is 9.53 Å². The van der Waals surface area contributed by atoms with Gasteiger partial charge in [-0.15, -0.1) is 0 Å². The van der Waals surface area contributed by atoms with E-state index < -0.39 is 0 Å². The highest BCUT2D eigenvalue weighted by atomic mass is 16.5. The first-order chi connectivity index (χ1) is 8.29. The summed E-state index contributed by atoms with van der Waals surface area (Å²) >= 11 is 0. The molecule has 0 radical (unpaired) electrons. The Morgan fingerprint density at radius 1 is 1.24 bits per heavy atom. The van der Waals surface area contributed by atoms with Gasteiger partial charge in [-0.3, -0.25) is 0 Å². The van der Waals surface area contributed by atoms with E-state index in [4.69, 9.17) is 4.74 Å². The molecule has 17 heavy (non-hydrogen) atoms. The number of esters is 1. The summed E-state index contributed by atoms with van der Waals surface area (Å²) in [6.07, 6.45) is 5.12. The lowest BCUT2D eigenvalue weighted by Gasteiger charge is -2.07. The highest BCUT2D eigenvalue weighted by Crippen LogP contribution is 2.17. The molecule has 2 heteroatoms. The van der Waals surface area contributed by atoms with Crippen molar-refractivity contribution >= 4 is 11.5 Å². The van der Waals surface area contributed by atoms with Crippen molar-refractivity contribution in [1.82, 2.24) is 0 Å². The van der Waals surface area contributed by atoms with E-state index in [2.05, 4.69) is 6.92 Å². The van der Waals surface area contributed by atoms with Gasteiger partial charge in [0, 0.05) is 0 Å². The molecule has 0 saturated heterocycles. The molecule has 0 fully saturated rings. The van der Waals surface area contributed by atoms with Crippen molar-refractivity contribution in [2.45, 2.75) is 33.1 Å². The summed E-state index contributed by atoms with van der Waals surface area (Å²) < 4.78 is 5.08. The van der Waals surface area contributed by atoms with Crippen molar-refractivity contribution in [3.8, 4) is 0 Å². The molecule has 0 unspecified atom stereocenters. The maximum atomic E-state index is 11.8. The number of rotatable bonds is 6. The maximum absolute atomic E-state index is 11.8. The minimum atomic E-state index is -0.227. The molecule has 0 spiro atoms. The third kappa shape index (κ3) is 4.43. The van der Waals surface area contributed by atoms with Crippen LogP contribution in [0.5, 0.6) is 0 Å². The molecule has 0 aliphatic rings. The smallest absolute Gasteiger partial charge is 0.338 e. The summed E-state index contributed by atoms with van der Waals surface area (Å²) in [5, 5.41) is 0. The Kier molecular flexibility index (Phi) is 6.08. The number of allylic oxidation sites excluding steroid dienone is 1. The number of unbranched alkanes of at least 4 members (excludes halogenated alkanes) is 2. The van der Waals surface area contributed by atoms with Crippen molar-refractivity contribution in [2.75, 3.05) is 6.61 Å². The fourth-order valence-electron chi connectivity index (χ4n) is 1.60. The summed E-state index contributed by atoms with van der Waals surface area (Å²) in [7, 11) is 0. The second-order valence-corrected chi connectivity index (χ2v) is 3.85. The predicted octanol–water partition coefficient (Wildman–Crippen LogP) is 3.82. The van der Waals surface area contributed by atoms with Crippen LogP contribution < -0.4 is 0 Å². The van der Waals surface area contributed by atoms with Crippen LogP contribution in [0.1, 0.15) is 38.7 Å². The van der Waals surface area contributed by atoms with Crippen molar-refractivity contribution in [1.29, 1.82) is 0 Å². The molecule has 0 aromatic heterocycles. The molecule has 92 valence electrons. The Hall–Kier alpha value is -1.57. The molecule has 1 aromatic carbocycles. The van der Waals surface area contributed by atoms with Crippen LogP contribution in [0, 0.1) is 0 Å². The molecular formula is C15H20O2. The second-order valence-electron chi connectivity index (χ2n) is 3.85. The lowest BCUT2D eigenvalue weighted by atomic mass is 10.0. The van der Waals surface area contributed by atoms with Gasteiger partial charge in [-0.25, -0.2) is 4.79 Å². The number of hydrogen-bond donors (Lipinski definition) is 0. The second kappa shape index (κ2) is 7.66. The maximum Gasteiger partial charge on any atom is 0.338 e. The molecule has 0 aliphatic heterocycles. The third-order valence-corrected chi connectivity index (χ3v) is 2.49. The van der Waals surface area contributed by atoms with E-state index in [1.54, 1.807) is 0 Å². The molecule has 2 nitrogen and oxygen atoms in total. The van der Waals surface area contributed by atoms with Gasteiger partial charge in [0.25, 0.3) is 0 Å². The van der Waals surface area contributed by atoms with E-state index in [0.29, 0.717) is 12.2 Å². The molecule has 0 amide bonds. The topological polar surface area (TPSA) is 26.3 Å². The Labute approximate surface area is 103 Å². The van der Waals surface area contributed by atoms with Gasteiger partial charge in [0.05, 0.1) is 12.2 Å². The summed E-state index contributed by atoms with van der Waals surface area (Å²) in [5.74, 6) is -0.227. The highest BCUT2D eigenvalue weighted by Gasteiger charge is 2.11. The van der Waals surface area contributed by atoms with Crippen molar-refractivity contribution in [3.63, 3.8) is 0 Å². The van der Waals surface area contributed by atoms with Crippen LogP contribution in [0.25, 0.3) is 5.57 Å². The minimum absolute atomic E-state index is 0.227. The zero-order valence-corrected chi connectivity index (χ0v) is 10.6. The SMILES string of the molecule is CCCC/C=C(/C(=O)OCC)c1ccccc1. The Morgan fingerprint density at radius 2 is 1.94 bits per heavy atom. The van der Waals surface area contributed by atoms with Crippen LogP contribution in [0.3, 0.4) is 0 Å². The van der Waals surface area contributed by atoms with Gasteiger partial charge in [0.2, 0.25) is 0 Å². The lowest BCUT2D eigenvalue weighted by molar-refractivity contribution is -0.136. The number of benzene rings is 1. The summed E-state index contributed by atoms with van der Waals surface area (Å²) in [4.78, 5) is 11.8. The molecule has 0 atom stereocenters. The summed E-state index contributed by atoms with van der Waals surface area (Å²) in [5.41, 5.74) is 1.61. The van der Waals surface area contributed by atoms with Crippen LogP contribution in [-0.4, -0.2) is 12.6 Å². The number of carbonyl (C=O) groups is 1. The standard InChI is InChI=1S/C15H20O2/c1-3-5-7-12-14(15(16)17-4-2)13-10-8-6-9-11-13/h6,8-12H,3-5,7H2,1-2H3/b14-12+. The van der Waals surface area contributed by atoms with Crippen LogP contribution >= 0.6 is 0 Å². The van der Waals surface area contributed by atoms with Gasteiger partial charge in [-0.05, 0) is 18.9 Å². The Bertz CT molecular complexity index is 366. The monoisotopic (exact) mass is 232 g/mol. The quantitative estimate of drug-likeness (QED) is 0.423. The van der Waals surface area contributed by atoms with Crippen LogP contribution in [0.15, 0.2) is 36.4 Å². The van der Waals surface area contributed by atoms with E-state index in [9.17, 15) is 4.79 Å². The molecule has 0 N–H and O–H groups in total. The molecule has 0 aliphatic carbocycles. The van der Waals surface area contributed by atoms with Crippen LogP contribution in [0.2, 0.25) is 0 Å². The van der Waals surface area contributed by atoms with Crippen molar-refractivity contribution in [3.05, 3.63) is 42.0 Å². The van der Waals surface area contributed by atoms with E-state index in [0.717, 1.165) is 24.8 Å². The number of carbonyl (C=O) groups excluding carboxylic acids is 1. The Balaban J connectivity index is 2.86. The number of ether oxygens (including phenoxy) is 1. The third-order valence-electron chi connectivity index (χ3n) is 2.49.